The van der Waals surface area contributed by atoms with Gasteiger partial charge in [0.1, 0.15) is 0 Å². The number of hydrogen-bond acceptors (Lipinski definition) is 4. The SMILES string of the molecule is CCC1CCC(Nc2nc3ccccc3nc2N)CC1. The number of nitrogens with one attached hydrogen (secondary N) is 1. The van der Waals surface area contributed by atoms with Crippen LogP contribution in [0.4, 0.5) is 11.6 Å². The lowest BCUT2D eigenvalue weighted by atomic mass is 9.84. The molecular weight excluding hydrogens is 248 g/mol. The molecule has 0 aliphatic heterocycles. The van der Waals surface area contributed by atoms with Crippen LogP contribution in [0.5, 0.6) is 0 Å². The summed E-state index contributed by atoms with van der Waals surface area (Å²) in [5.74, 6) is 2.14. The Morgan fingerprint density at radius 3 is 2.40 bits per heavy atom. The summed E-state index contributed by atoms with van der Waals surface area (Å²) in [4.78, 5) is 9.03. The molecule has 20 heavy (non-hydrogen) atoms. The third kappa shape index (κ3) is 2.69. The lowest BCUT2D eigenvalue weighted by Crippen LogP contribution is -2.27. The number of anilines is 2. The molecule has 1 saturated carbocycles. The van der Waals surface area contributed by atoms with E-state index < -0.39 is 0 Å². The van der Waals surface area contributed by atoms with E-state index in [0.29, 0.717) is 11.9 Å². The summed E-state index contributed by atoms with van der Waals surface area (Å²) in [7, 11) is 0. The maximum atomic E-state index is 6.02. The normalized spacial score (nSPS) is 22.9. The Labute approximate surface area is 119 Å². The van der Waals surface area contributed by atoms with Crippen molar-refractivity contribution in [2.45, 2.75) is 45.1 Å². The first-order valence-electron chi connectivity index (χ1n) is 7.55. The van der Waals surface area contributed by atoms with E-state index in [1.807, 2.05) is 24.3 Å². The first-order chi connectivity index (χ1) is 9.76. The second kappa shape index (κ2) is 5.65. The Morgan fingerprint density at radius 1 is 1.10 bits per heavy atom. The monoisotopic (exact) mass is 270 g/mol. The third-order valence-corrected chi connectivity index (χ3v) is 4.36. The highest BCUT2D eigenvalue weighted by Gasteiger charge is 2.21. The van der Waals surface area contributed by atoms with Gasteiger partial charge in [0, 0.05) is 6.04 Å². The number of fused-ring (bicyclic) bond motifs is 1. The van der Waals surface area contributed by atoms with Crippen LogP contribution in [0.15, 0.2) is 24.3 Å². The van der Waals surface area contributed by atoms with Gasteiger partial charge in [-0.25, -0.2) is 9.97 Å². The molecule has 3 rings (SSSR count). The fraction of sp³-hybridized carbons (Fsp3) is 0.500. The minimum atomic E-state index is 0.482. The van der Waals surface area contributed by atoms with Crippen LogP contribution >= 0.6 is 0 Å². The van der Waals surface area contributed by atoms with E-state index >= 15 is 0 Å². The van der Waals surface area contributed by atoms with Crippen molar-refractivity contribution >= 4 is 22.7 Å². The number of hydrogen-bond donors (Lipinski definition) is 2. The summed E-state index contributed by atoms with van der Waals surface area (Å²) in [6.07, 6.45) is 6.30. The van der Waals surface area contributed by atoms with E-state index in [2.05, 4.69) is 22.2 Å². The topological polar surface area (TPSA) is 63.8 Å². The van der Waals surface area contributed by atoms with Crippen molar-refractivity contribution in [2.24, 2.45) is 5.92 Å². The number of benzene rings is 1. The average molecular weight is 270 g/mol. The maximum Gasteiger partial charge on any atom is 0.169 e. The zero-order valence-corrected chi connectivity index (χ0v) is 12.0. The van der Waals surface area contributed by atoms with Crippen molar-refractivity contribution in [3.8, 4) is 0 Å². The molecule has 1 aromatic heterocycles. The Morgan fingerprint density at radius 2 is 1.75 bits per heavy atom. The Bertz CT molecular complexity index is 588. The van der Waals surface area contributed by atoms with E-state index in [1.54, 1.807) is 0 Å². The van der Waals surface area contributed by atoms with Crippen LogP contribution in [0.3, 0.4) is 0 Å². The first kappa shape index (κ1) is 13.2. The summed E-state index contributed by atoms with van der Waals surface area (Å²) in [5.41, 5.74) is 7.77. The molecule has 106 valence electrons. The van der Waals surface area contributed by atoms with Crippen molar-refractivity contribution in [2.75, 3.05) is 11.1 Å². The smallest absolute Gasteiger partial charge is 0.169 e. The molecule has 4 heteroatoms. The molecule has 0 radical (unpaired) electrons. The lowest BCUT2D eigenvalue weighted by molar-refractivity contribution is 0.330. The van der Waals surface area contributed by atoms with Crippen LogP contribution in [0.2, 0.25) is 0 Å². The van der Waals surface area contributed by atoms with E-state index in [4.69, 9.17) is 5.73 Å². The summed E-state index contributed by atoms with van der Waals surface area (Å²) < 4.78 is 0. The van der Waals surface area contributed by atoms with Gasteiger partial charge in [0.25, 0.3) is 0 Å². The highest BCUT2D eigenvalue weighted by molar-refractivity contribution is 5.79. The van der Waals surface area contributed by atoms with Gasteiger partial charge in [-0.05, 0) is 43.7 Å². The fourth-order valence-corrected chi connectivity index (χ4v) is 3.03. The number of aromatic nitrogens is 2. The zero-order chi connectivity index (χ0) is 13.9. The lowest BCUT2D eigenvalue weighted by Gasteiger charge is -2.29. The molecule has 1 aromatic carbocycles. The molecule has 1 aliphatic carbocycles. The third-order valence-electron chi connectivity index (χ3n) is 4.36. The number of rotatable bonds is 3. The van der Waals surface area contributed by atoms with E-state index in [9.17, 15) is 0 Å². The molecule has 0 unspecified atom stereocenters. The van der Waals surface area contributed by atoms with Crippen LogP contribution in [0, 0.1) is 5.92 Å². The summed E-state index contributed by atoms with van der Waals surface area (Å²) in [5, 5.41) is 3.49. The molecule has 4 nitrogen and oxygen atoms in total. The second-order valence-corrected chi connectivity index (χ2v) is 5.72. The van der Waals surface area contributed by atoms with Gasteiger partial charge in [-0.15, -0.1) is 0 Å². The van der Waals surface area contributed by atoms with Crippen LogP contribution in [-0.4, -0.2) is 16.0 Å². The molecule has 1 fully saturated rings. The van der Waals surface area contributed by atoms with Gasteiger partial charge in [-0.3, -0.25) is 0 Å². The van der Waals surface area contributed by atoms with Gasteiger partial charge in [-0.1, -0.05) is 25.5 Å². The molecule has 1 aliphatic rings. The first-order valence-corrected chi connectivity index (χ1v) is 7.55. The zero-order valence-electron chi connectivity index (χ0n) is 12.0. The standard InChI is InChI=1S/C16H22N4/c1-2-11-7-9-12(10-8-11)18-16-15(17)19-13-5-3-4-6-14(13)20-16/h3-6,11-12H,2,7-10H2,1H3,(H2,17,19)(H,18,20). The maximum absolute atomic E-state index is 6.02. The fourth-order valence-electron chi connectivity index (χ4n) is 3.03. The quantitative estimate of drug-likeness (QED) is 0.894. The van der Waals surface area contributed by atoms with Gasteiger partial charge < -0.3 is 11.1 Å². The second-order valence-electron chi connectivity index (χ2n) is 5.72. The van der Waals surface area contributed by atoms with Crippen molar-refractivity contribution in [1.82, 2.24) is 9.97 Å². The predicted octanol–water partition coefficient (Wildman–Crippen LogP) is 3.59. The van der Waals surface area contributed by atoms with E-state index in [-0.39, 0.29) is 0 Å². The molecule has 3 N–H and O–H groups in total. The highest BCUT2D eigenvalue weighted by Crippen LogP contribution is 2.29. The minimum absolute atomic E-state index is 0.482. The molecule has 0 amide bonds. The Balaban J connectivity index is 1.76. The van der Waals surface area contributed by atoms with Crippen molar-refractivity contribution in [3.05, 3.63) is 24.3 Å². The highest BCUT2D eigenvalue weighted by atomic mass is 15.1. The number of para-hydroxylation sites is 2. The Kier molecular flexibility index (Phi) is 3.72. The average Bonchev–Trinajstić information content (AvgIpc) is 2.49. The Hall–Kier alpha value is -1.84. The minimum Gasteiger partial charge on any atom is -0.381 e. The van der Waals surface area contributed by atoms with Crippen LogP contribution in [-0.2, 0) is 0 Å². The van der Waals surface area contributed by atoms with Gasteiger partial charge in [-0.2, -0.15) is 0 Å². The van der Waals surface area contributed by atoms with Gasteiger partial charge >= 0.3 is 0 Å². The molecular formula is C16H22N4. The molecule has 0 saturated heterocycles. The van der Waals surface area contributed by atoms with Gasteiger partial charge in [0.15, 0.2) is 11.6 Å². The summed E-state index contributed by atoms with van der Waals surface area (Å²) in [6, 6.07) is 8.32. The molecule has 1 heterocycles. The van der Waals surface area contributed by atoms with Crippen LogP contribution in [0.1, 0.15) is 39.0 Å². The molecule has 0 atom stereocenters. The summed E-state index contributed by atoms with van der Waals surface area (Å²) >= 11 is 0. The summed E-state index contributed by atoms with van der Waals surface area (Å²) in [6.45, 7) is 2.28. The number of nitrogens with zero attached hydrogens (tertiary/aromatic N) is 2. The van der Waals surface area contributed by atoms with Crippen molar-refractivity contribution in [3.63, 3.8) is 0 Å². The van der Waals surface area contributed by atoms with Gasteiger partial charge in [0.2, 0.25) is 0 Å². The number of nitrogen functional groups attached to an aromatic ring is 1. The van der Waals surface area contributed by atoms with E-state index in [0.717, 1.165) is 22.8 Å². The van der Waals surface area contributed by atoms with Crippen LogP contribution in [0.25, 0.3) is 11.0 Å². The van der Waals surface area contributed by atoms with Crippen molar-refractivity contribution in [1.29, 1.82) is 0 Å². The molecule has 0 spiro atoms. The van der Waals surface area contributed by atoms with E-state index in [1.165, 1.54) is 32.1 Å². The number of nitrogens with two attached hydrogens (primary N) is 1. The molecule has 0 bridgehead atoms. The molecule has 2 aromatic rings. The largest absolute Gasteiger partial charge is 0.381 e. The van der Waals surface area contributed by atoms with Gasteiger partial charge in [0.05, 0.1) is 11.0 Å². The predicted molar refractivity (Wildman–Crippen MR) is 83.6 cm³/mol. The van der Waals surface area contributed by atoms with Crippen molar-refractivity contribution < 1.29 is 0 Å². The van der Waals surface area contributed by atoms with Crippen LogP contribution < -0.4 is 11.1 Å².